The molecule has 0 aliphatic carbocycles. The Hall–Kier alpha value is -2.97. The molecule has 0 radical (unpaired) electrons. The Labute approximate surface area is 194 Å². The molecule has 0 saturated carbocycles. The van der Waals surface area contributed by atoms with Crippen molar-refractivity contribution in [2.45, 2.75) is 11.1 Å². The number of nitriles is 2. The molecule has 1 aliphatic rings. The van der Waals surface area contributed by atoms with E-state index in [1.54, 1.807) is 11.8 Å². The van der Waals surface area contributed by atoms with Crippen LogP contribution >= 0.6 is 35.1 Å². The molecule has 1 aliphatic heterocycles. The fourth-order valence-corrected chi connectivity index (χ4v) is 5.56. The molecule has 0 fully saturated rings. The van der Waals surface area contributed by atoms with Gasteiger partial charge in [0.15, 0.2) is 0 Å². The minimum atomic E-state index is 0.0889. The lowest BCUT2D eigenvalue weighted by Crippen LogP contribution is -2.09. The van der Waals surface area contributed by atoms with E-state index in [0.717, 1.165) is 21.9 Å². The Kier molecular flexibility index (Phi) is 6.48. The predicted octanol–water partition coefficient (Wildman–Crippen LogP) is 5.38. The van der Waals surface area contributed by atoms with Gasteiger partial charge in [-0.15, -0.1) is 23.5 Å². The monoisotopic (exact) mass is 461 g/mol. The second-order valence-corrected chi connectivity index (χ2v) is 9.19. The van der Waals surface area contributed by atoms with Gasteiger partial charge in [-0.3, -0.25) is 4.99 Å². The van der Waals surface area contributed by atoms with Crippen molar-refractivity contribution in [1.29, 1.82) is 10.5 Å². The molecule has 5 nitrogen and oxygen atoms in total. The second-order valence-electron chi connectivity index (χ2n) is 6.73. The normalized spacial score (nSPS) is 15.2. The van der Waals surface area contributed by atoms with E-state index in [2.05, 4.69) is 17.1 Å². The summed E-state index contributed by atoms with van der Waals surface area (Å²) in [6.45, 7) is 0. The lowest BCUT2D eigenvalue weighted by molar-refractivity contribution is 0.876. The van der Waals surface area contributed by atoms with Crippen LogP contribution in [-0.2, 0) is 0 Å². The molecule has 0 bridgehead atoms. The number of benzene rings is 2. The predicted molar refractivity (Wildman–Crippen MR) is 128 cm³/mol. The molecule has 0 spiro atoms. The highest BCUT2D eigenvalue weighted by Gasteiger charge is 2.23. The van der Waals surface area contributed by atoms with Crippen molar-refractivity contribution in [2.24, 2.45) is 4.99 Å². The third-order valence-corrected chi connectivity index (χ3v) is 7.23. The van der Waals surface area contributed by atoms with Crippen molar-refractivity contribution in [2.75, 3.05) is 17.2 Å². The van der Waals surface area contributed by atoms with Crippen LogP contribution in [-0.4, -0.2) is 27.6 Å². The van der Waals surface area contributed by atoms with Gasteiger partial charge in [-0.2, -0.15) is 10.5 Å². The molecule has 3 aromatic rings. The first kappa shape index (κ1) is 21.3. The quantitative estimate of drug-likeness (QED) is 0.512. The van der Waals surface area contributed by atoms with E-state index in [9.17, 15) is 10.5 Å². The summed E-state index contributed by atoms with van der Waals surface area (Å²) in [7, 11) is 0. The Morgan fingerprint density at radius 1 is 1.03 bits per heavy atom. The molecule has 8 heteroatoms. The second kappa shape index (κ2) is 9.45. The number of thioether (sulfide) groups is 2. The number of halogens is 1. The number of nitrogens with two attached hydrogens (primary N) is 1. The van der Waals surface area contributed by atoms with Crippen LogP contribution in [0.5, 0.6) is 0 Å². The standard InChI is InChI=1S/C23H16ClN5S2/c24-16-8-6-15(7-9-16)22-28-17(12-30-22)13-31-23-19(11-26)20(14-4-2-1-3-5-14)18(10-25)21(27)29-23/h1-9,17H,12-13H2,(H2,27,29). The van der Waals surface area contributed by atoms with Gasteiger partial charge in [-0.25, -0.2) is 4.98 Å². The smallest absolute Gasteiger partial charge is 0.143 e. The van der Waals surface area contributed by atoms with Crippen LogP contribution in [0.15, 0.2) is 64.6 Å². The molecule has 2 aromatic carbocycles. The molecule has 1 unspecified atom stereocenters. The van der Waals surface area contributed by atoms with Gasteiger partial charge in [-0.1, -0.05) is 54.1 Å². The fraction of sp³-hybridized carbons (Fsp3) is 0.130. The van der Waals surface area contributed by atoms with E-state index in [0.29, 0.717) is 26.9 Å². The lowest BCUT2D eigenvalue weighted by Gasteiger charge is -2.13. The average molecular weight is 462 g/mol. The van der Waals surface area contributed by atoms with E-state index in [1.165, 1.54) is 11.8 Å². The maximum Gasteiger partial charge on any atom is 0.143 e. The summed E-state index contributed by atoms with van der Waals surface area (Å²) in [5.74, 6) is 1.64. The van der Waals surface area contributed by atoms with Crippen LogP contribution in [0.1, 0.15) is 16.7 Å². The van der Waals surface area contributed by atoms with Crippen molar-refractivity contribution in [1.82, 2.24) is 4.98 Å². The maximum atomic E-state index is 9.88. The Balaban J connectivity index is 1.61. The van der Waals surface area contributed by atoms with Crippen molar-refractivity contribution >= 4 is 46.0 Å². The summed E-state index contributed by atoms with van der Waals surface area (Å²) in [5.41, 5.74) is 9.04. The van der Waals surface area contributed by atoms with Crippen LogP contribution in [0.2, 0.25) is 5.02 Å². The van der Waals surface area contributed by atoms with Crippen molar-refractivity contribution < 1.29 is 0 Å². The number of pyridine rings is 1. The SMILES string of the molecule is N#Cc1c(N)nc(SCC2CSC(c3ccc(Cl)cc3)=N2)c(C#N)c1-c1ccccc1. The van der Waals surface area contributed by atoms with E-state index in [4.69, 9.17) is 22.3 Å². The van der Waals surface area contributed by atoms with Crippen LogP contribution in [0.3, 0.4) is 0 Å². The first-order valence-corrected chi connectivity index (χ1v) is 11.7. The minimum Gasteiger partial charge on any atom is -0.383 e. The zero-order chi connectivity index (χ0) is 21.8. The highest BCUT2D eigenvalue weighted by molar-refractivity contribution is 8.14. The zero-order valence-corrected chi connectivity index (χ0v) is 18.6. The summed E-state index contributed by atoms with van der Waals surface area (Å²) < 4.78 is 0. The number of anilines is 1. The van der Waals surface area contributed by atoms with Gasteiger partial charge in [0.1, 0.15) is 28.5 Å². The van der Waals surface area contributed by atoms with E-state index in [-0.39, 0.29) is 17.4 Å². The summed E-state index contributed by atoms with van der Waals surface area (Å²) in [6.07, 6.45) is 0. The number of aliphatic imine (C=N–C) groups is 1. The lowest BCUT2D eigenvalue weighted by atomic mass is 9.97. The molecule has 1 atom stereocenters. The number of hydrogen-bond acceptors (Lipinski definition) is 7. The van der Waals surface area contributed by atoms with Crippen molar-refractivity contribution in [3.8, 4) is 23.3 Å². The molecule has 0 amide bonds. The third kappa shape index (κ3) is 4.55. The van der Waals surface area contributed by atoms with Gasteiger partial charge < -0.3 is 5.73 Å². The van der Waals surface area contributed by atoms with Gasteiger partial charge in [-0.05, 0) is 17.7 Å². The maximum absolute atomic E-state index is 9.88. The summed E-state index contributed by atoms with van der Waals surface area (Å²) in [6, 6.07) is 21.4. The van der Waals surface area contributed by atoms with E-state index >= 15 is 0 Å². The minimum absolute atomic E-state index is 0.0889. The molecule has 2 heterocycles. The Morgan fingerprint density at radius 3 is 2.42 bits per heavy atom. The van der Waals surface area contributed by atoms with Crippen LogP contribution in [0.4, 0.5) is 5.82 Å². The Morgan fingerprint density at radius 2 is 1.74 bits per heavy atom. The topological polar surface area (TPSA) is 98.8 Å². The summed E-state index contributed by atoms with van der Waals surface area (Å²) in [4.78, 5) is 9.19. The van der Waals surface area contributed by atoms with Crippen LogP contribution < -0.4 is 5.73 Å². The Bertz CT molecular complexity index is 1230. The highest BCUT2D eigenvalue weighted by Crippen LogP contribution is 2.36. The van der Waals surface area contributed by atoms with Crippen molar-refractivity contribution in [3.05, 3.63) is 76.3 Å². The molecule has 31 heavy (non-hydrogen) atoms. The first-order valence-electron chi connectivity index (χ1n) is 9.39. The van der Waals surface area contributed by atoms with E-state index in [1.807, 2.05) is 54.6 Å². The largest absolute Gasteiger partial charge is 0.383 e. The number of rotatable bonds is 5. The van der Waals surface area contributed by atoms with E-state index < -0.39 is 0 Å². The zero-order valence-electron chi connectivity index (χ0n) is 16.2. The molecular formula is C23H16ClN5S2. The van der Waals surface area contributed by atoms with Gasteiger partial charge >= 0.3 is 0 Å². The fourth-order valence-electron chi connectivity index (χ4n) is 3.22. The molecule has 152 valence electrons. The van der Waals surface area contributed by atoms with Crippen LogP contribution in [0.25, 0.3) is 11.1 Å². The molecule has 1 aromatic heterocycles. The number of nitrogens with zero attached hydrogens (tertiary/aromatic N) is 4. The van der Waals surface area contributed by atoms with Crippen molar-refractivity contribution in [3.63, 3.8) is 0 Å². The number of hydrogen-bond donors (Lipinski definition) is 1. The molecule has 4 rings (SSSR count). The first-order chi connectivity index (χ1) is 15.1. The van der Waals surface area contributed by atoms with Gasteiger partial charge in [0.2, 0.25) is 0 Å². The number of nitrogen functional groups attached to an aromatic ring is 1. The highest BCUT2D eigenvalue weighted by atomic mass is 35.5. The average Bonchev–Trinajstić information content (AvgIpc) is 3.27. The molecular weight excluding hydrogens is 446 g/mol. The van der Waals surface area contributed by atoms with Gasteiger partial charge in [0.05, 0.1) is 16.6 Å². The summed E-state index contributed by atoms with van der Waals surface area (Å²) in [5, 5.41) is 21.7. The number of aromatic nitrogens is 1. The third-order valence-electron chi connectivity index (χ3n) is 4.69. The molecule has 2 N–H and O–H groups in total. The summed E-state index contributed by atoms with van der Waals surface area (Å²) >= 11 is 9.12. The van der Waals surface area contributed by atoms with Gasteiger partial charge in [0.25, 0.3) is 0 Å². The van der Waals surface area contributed by atoms with Gasteiger partial charge in [0, 0.05) is 27.7 Å². The van der Waals surface area contributed by atoms with Crippen LogP contribution in [0, 0.1) is 22.7 Å². The molecule has 0 saturated heterocycles.